The number of aromatic nitrogens is 4. The van der Waals surface area contributed by atoms with Crippen molar-refractivity contribution >= 4 is 44.0 Å². The molecule has 0 aliphatic carbocycles. The minimum absolute atomic E-state index is 0.187. The van der Waals surface area contributed by atoms with Crippen LogP contribution in [0.25, 0.3) is 16.3 Å². The van der Waals surface area contributed by atoms with Crippen molar-refractivity contribution < 1.29 is 0 Å². The molecule has 0 fully saturated rings. The topological polar surface area (TPSA) is 43.1 Å². The van der Waals surface area contributed by atoms with E-state index in [0.717, 1.165) is 32.2 Å². The van der Waals surface area contributed by atoms with Gasteiger partial charge in [0.15, 0.2) is 5.82 Å². The maximum absolute atomic E-state index is 4.96. The maximum Gasteiger partial charge on any atom is 0.235 e. The summed E-state index contributed by atoms with van der Waals surface area (Å²) in [5.74, 6) is 0.762. The molecule has 0 saturated carbocycles. The van der Waals surface area contributed by atoms with Crippen LogP contribution in [0.5, 0.6) is 0 Å². The zero-order valence-corrected chi connectivity index (χ0v) is 20.0. The molecule has 1 atom stereocenters. The van der Waals surface area contributed by atoms with Crippen LogP contribution in [0, 0.1) is 6.92 Å². The predicted molar refractivity (Wildman–Crippen MR) is 132 cm³/mol. The molecule has 2 aromatic heterocycles. The SMILES string of the molecule is Cc1ccc(SC(Cc2ccccc2)c2nn3c(-c4cccc(Br)c4)nnc3s2)cc1. The van der Waals surface area contributed by atoms with Crippen molar-refractivity contribution in [1.82, 2.24) is 19.8 Å². The number of halogens is 1. The van der Waals surface area contributed by atoms with Gasteiger partial charge in [-0.05, 0) is 43.2 Å². The molecule has 31 heavy (non-hydrogen) atoms. The van der Waals surface area contributed by atoms with Crippen LogP contribution in [0.4, 0.5) is 0 Å². The Labute approximate surface area is 197 Å². The number of thioether (sulfide) groups is 1. The number of fused-ring (bicyclic) bond motifs is 1. The van der Waals surface area contributed by atoms with Crippen molar-refractivity contribution in [1.29, 1.82) is 0 Å². The van der Waals surface area contributed by atoms with Crippen molar-refractivity contribution in [3.8, 4) is 11.4 Å². The summed E-state index contributed by atoms with van der Waals surface area (Å²) in [6, 6.07) is 27.3. The van der Waals surface area contributed by atoms with Crippen LogP contribution in [-0.2, 0) is 6.42 Å². The fourth-order valence-electron chi connectivity index (χ4n) is 3.36. The first-order chi connectivity index (χ1) is 15.2. The van der Waals surface area contributed by atoms with E-state index in [1.165, 1.54) is 16.0 Å². The molecular weight excluding hydrogens is 488 g/mol. The van der Waals surface area contributed by atoms with E-state index < -0.39 is 0 Å². The third-order valence-corrected chi connectivity index (χ3v) is 7.80. The number of hydrogen-bond donors (Lipinski definition) is 0. The average molecular weight is 507 g/mol. The van der Waals surface area contributed by atoms with Gasteiger partial charge in [-0.2, -0.15) is 9.61 Å². The molecule has 0 aliphatic rings. The summed E-state index contributed by atoms with van der Waals surface area (Å²) in [4.78, 5) is 2.05. The molecule has 3 aromatic carbocycles. The van der Waals surface area contributed by atoms with Crippen LogP contribution < -0.4 is 0 Å². The van der Waals surface area contributed by atoms with Gasteiger partial charge in [-0.3, -0.25) is 0 Å². The summed E-state index contributed by atoms with van der Waals surface area (Å²) in [7, 11) is 0. The molecule has 0 spiro atoms. The Morgan fingerprint density at radius 1 is 0.968 bits per heavy atom. The van der Waals surface area contributed by atoms with E-state index in [0.29, 0.717) is 0 Å². The molecular formula is C24H19BrN4S2. The van der Waals surface area contributed by atoms with E-state index >= 15 is 0 Å². The second-order valence-corrected chi connectivity index (χ2v) is 10.5. The van der Waals surface area contributed by atoms with Gasteiger partial charge in [-0.1, -0.05) is 87.4 Å². The van der Waals surface area contributed by atoms with Gasteiger partial charge in [0.25, 0.3) is 0 Å². The van der Waals surface area contributed by atoms with Gasteiger partial charge in [-0.15, -0.1) is 22.0 Å². The summed E-state index contributed by atoms with van der Waals surface area (Å²) in [5, 5.41) is 15.0. The largest absolute Gasteiger partial charge is 0.235 e. The average Bonchev–Trinajstić information content (AvgIpc) is 3.36. The van der Waals surface area contributed by atoms with Gasteiger partial charge in [0, 0.05) is 14.9 Å². The highest BCUT2D eigenvalue weighted by molar-refractivity contribution is 9.10. The lowest BCUT2D eigenvalue weighted by Gasteiger charge is -2.14. The third-order valence-electron chi connectivity index (χ3n) is 4.93. The van der Waals surface area contributed by atoms with Gasteiger partial charge >= 0.3 is 0 Å². The molecule has 5 aromatic rings. The first kappa shape index (κ1) is 20.4. The number of benzene rings is 3. The van der Waals surface area contributed by atoms with E-state index in [2.05, 4.69) is 87.6 Å². The minimum atomic E-state index is 0.187. The lowest BCUT2D eigenvalue weighted by atomic mass is 10.1. The van der Waals surface area contributed by atoms with E-state index in [1.54, 1.807) is 11.3 Å². The van der Waals surface area contributed by atoms with Gasteiger partial charge in [0.2, 0.25) is 4.96 Å². The Morgan fingerprint density at radius 3 is 2.55 bits per heavy atom. The van der Waals surface area contributed by atoms with Gasteiger partial charge in [-0.25, -0.2) is 0 Å². The number of nitrogens with zero attached hydrogens (tertiary/aromatic N) is 4. The van der Waals surface area contributed by atoms with Crippen molar-refractivity contribution in [2.45, 2.75) is 23.5 Å². The molecule has 0 radical (unpaired) electrons. The van der Waals surface area contributed by atoms with Crippen LogP contribution in [0.15, 0.2) is 88.2 Å². The summed E-state index contributed by atoms with van der Waals surface area (Å²) >= 11 is 7.00. The zero-order valence-electron chi connectivity index (χ0n) is 16.8. The molecule has 1 unspecified atom stereocenters. The normalized spacial score (nSPS) is 12.3. The summed E-state index contributed by atoms with van der Waals surface area (Å²) < 4.78 is 2.88. The summed E-state index contributed by atoms with van der Waals surface area (Å²) in [5.41, 5.74) is 3.55. The van der Waals surface area contributed by atoms with Crippen LogP contribution in [0.3, 0.4) is 0 Å². The van der Waals surface area contributed by atoms with Crippen molar-refractivity contribution in [3.05, 3.63) is 99.5 Å². The molecule has 4 nitrogen and oxygen atoms in total. The molecule has 2 heterocycles. The number of hydrogen-bond acceptors (Lipinski definition) is 5. The van der Waals surface area contributed by atoms with E-state index in [-0.39, 0.29) is 5.25 Å². The molecule has 7 heteroatoms. The standard InChI is InChI=1S/C24H19BrN4S2/c1-16-10-12-20(13-11-16)30-21(14-17-6-3-2-4-7-17)23-28-29-22(26-27-24(29)31-23)18-8-5-9-19(25)15-18/h2-13,15,21H,14H2,1H3. The lowest BCUT2D eigenvalue weighted by molar-refractivity contribution is 0.849. The highest BCUT2D eigenvalue weighted by atomic mass is 79.9. The highest BCUT2D eigenvalue weighted by Gasteiger charge is 2.22. The Morgan fingerprint density at radius 2 is 1.77 bits per heavy atom. The number of rotatable bonds is 6. The van der Waals surface area contributed by atoms with E-state index in [1.807, 2.05) is 40.5 Å². The van der Waals surface area contributed by atoms with Gasteiger partial charge in [0.05, 0.1) is 5.25 Å². The van der Waals surface area contributed by atoms with Crippen molar-refractivity contribution in [3.63, 3.8) is 0 Å². The Hall–Kier alpha value is -2.48. The Balaban J connectivity index is 1.52. The Kier molecular flexibility index (Phi) is 5.89. The van der Waals surface area contributed by atoms with Crippen molar-refractivity contribution in [2.24, 2.45) is 0 Å². The fraction of sp³-hybridized carbons (Fsp3) is 0.125. The smallest absolute Gasteiger partial charge is 0.183 e. The maximum atomic E-state index is 4.96. The van der Waals surface area contributed by atoms with Gasteiger partial charge in [0.1, 0.15) is 5.01 Å². The fourth-order valence-corrected chi connectivity index (χ4v) is 5.91. The highest BCUT2D eigenvalue weighted by Crippen LogP contribution is 2.40. The second kappa shape index (κ2) is 8.94. The van der Waals surface area contributed by atoms with E-state index in [9.17, 15) is 0 Å². The molecule has 0 saturated heterocycles. The second-order valence-electron chi connectivity index (χ2n) is 7.28. The van der Waals surface area contributed by atoms with E-state index in [4.69, 9.17) is 5.10 Å². The quantitative estimate of drug-likeness (QED) is 0.232. The summed E-state index contributed by atoms with van der Waals surface area (Å²) in [6.45, 7) is 2.11. The zero-order chi connectivity index (χ0) is 21.2. The van der Waals surface area contributed by atoms with Gasteiger partial charge < -0.3 is 0 Å². The number of aryl methyl sites for hydroxylation is 1. The molecule has 154 valence electrons. The van der Waals surface area contributed by atoms with Crippen LogP contribution in [0.1, 0.15) is 21.4 Å². The van der Waals surface area contributed by atoms with Crippen LogP contribution in [-0.4, -0.2) is 19.8 Å². The van der Waals surface area contributed by atoms with Crippen LogP contribution in [0.2, 0.25) is 0 Å². The molecule has 0 N–H and O–H groups in total. The predicted octanol–water partition coefficient (Wildman–Crippen LogP) is 7.00. The third kappa shape index (κ3) is 4.59. The first-order valence-corrected chi connectivity index (χ1v) is 12.4. The summed E-state index contributed by atoms with van der Waals surface area (Å²) in [6.07, 6.45) is 0.899. The molecule has 0 amide bonds. The Bertz CT molecular complexity index is 1310. The monoisotopic (exact) mass is 506 g/mol. The minimum Gasteiger partial charge on any atom is -0.183 e. The first-order valence-electron chi connectivity index (χ1n) is 9.91. The van der Waals surface area contributed by atoms with Crippen molar-refractivity contribution in [2.75, 3.05) is 0 Å². The molecule has 5 rings (SSSR count). The van der Waals surface area contributed by atoms with Crippen LogP contribution >= 0.6 is 39.0 Å². The molecule has 0 bridgehead atoms. The lowest BCUT2D eigenvalue weighted by Crippen LogP contribution is -2.01. The molecule has 0 aliphatic heterocycles.